The minimum atomic E-state index is -4.58. The summed E-state index contributed by atoms with van der Waals surface area (Å²) in [6, 6.07) is 21.4. The van der Waals surface area contributed by atoms with Gasteiger partial charge in [0.2, 0.25) is 5.76 Å². The molecule has 5 nitrogen and oxygen atoms in total. The average molecular weight is 449 g/mol. The Kier molecular flexibility index (Phi) is 5.12. The molecule has 1 aromatic heterocycles. The lowest BCUT2D eigenvalue weighted by Crippen LogP contribution is -2.17. The molecule has 166 valence electrons. The van der Waals surface area contributed by atoms with Crippen molar-refractivity contribution >= 4 is 0 Å². The van der Waals surface area contributed by atoms with E-state index in [9.17, 15) is 18.0 Å². The summed E-state index contributed by atoms with van der Waals surface area (Å²) in [4.78, 5) is 21.0. The molecule has 0 atom stereocenters. The summed E-state index contributed by atoms with van der Waals surface area (Å²) in [6.07, 6.45) is -2.55. The number of H-pyrrole nitrogens is 1. The second kappa shape index (κ2) is 8.12. The van der Waals surface area contributed by atoms with Gasteiger partial charge in [-0.2, -0.15) is 13.2 Å². The van der Waals surface area contributed by atoms with E-state index in [0.29, 0.717) is 12.2 Å². The molecular formula is C25H18F3N3O2. The number of hydrogen-bond donors (Lipinski definition) is 1. The van der Waals surface area contributed by atoms with E-state index in [-0.39, 0.29) is 17.9 Å². The van der Waals surface area contributed by atoms with Gasteiger partial charge in [-0.1, -0.05) is 60.7 Å². The van der Waals surface area contributed by atoms with Gasteiger partial charge in [-0.3, -0.25) is 9.36 Å². The van der Waals surface area contributed by atoms with Gasteiger partial charge >= 0.3 is 6.18 Å². The van der Waals surface area contributed by atoms with Crippen LogP contribution < -0.4 is 5.56 Å². The number of hydrogen-bond acceptors (Lipinski definition) is 3. The number of aromatic nitrogens is 3. The van der Waals surface area contributed by atoms with Crippen molar-refractivity contribution in [1.82, 2.24) is 14.5 Å². The number of alkyl halides is 3. The molecule has 8 heteroatoms. The van der Waals surface area contributed by atoms with Crippen LogP contribution in [0.15, 0.2) is 88.2 Å². The third kappa shape index (κ3) is 4.19. The van der Waals surface area contributed by atoms with Gasteiger partial charge in [-0.15, -0.1) is 0 Å². The smallest absolute Gasteiger partial charge is 0.449 e. The van der Waals surface area contributed by atoms with Crippen LogP contribution in [0, 0.1) is 0 Å². The summed E-state index contributed by atoms with van der Waals surface area (Å²) in [7, 11) is 0. The quantitative estimate of drug-likeness (QED) is 0.388. The zero-order chi connectivity index (χ0) is 23.0. The monoisotopic (exact) mass is 449 g/mol. The highest BCUT2D eigenvalue weighted by Gasteiger charge is 2.35. The number of aromatic amines is 1. The molecule has 0 unspecified atom stereocenters. The molecule has 2 aliphatic rings. The van der Waals surface area contributed by atoms with Crippen LogP contribution in [0.25, 0.3) is 17.1 Å². The lowest BCUT2D eigenvalue weighted by atomic mass is 10.1. The van der Waals surface area contributed by atoms with Crippen molar-refractivity contribution in [3.8, 4) is 17.1 Å². The Bertz CT molecular complexity index is 1420. The van der Waals surface area contributed by atoms with Crippen LogP contribution in [0.1, 0.15) is 28.5 Å². The van der Waals surface area contributed by atoms with E-state index >= 15 is 0 Å². The summed E-state index contributed by atoms with van der Waals surface area (Å²) in [6.45, 7) is 0. The zero-order valence-electron chi connectivity index (χ0n) is 17.3. The summed E-state index contributed by atoms with van der Waals surface area (Å²) in [5.74, 6) is -0.640. The van der Waals surface area contributed by atoms with Crippen LogP contribution in [0.5, 0.6) is 0 Å². The minimum Gasteiger partial charge on any atom is -0.456 e. The molecule has 2 aromatic carbocycles. The molecule has 0 fully saturated rings. The first-order valence-electron chi connectivity index (χ1n) is 10.3. The number of imidazole rings is 1. The second-order valence-electron chi connectivity index (χ2n) is 7.67. The summed E-state index contributed by atoms with van der Waals surface area (Å²) in [5.41, 5.74) is 3.10. The summed E-state index contributed by atoms with van der Waals surface area (Å²) in [5, 5.41) is 0. The molecule has 33 heavy (non-hydrogen) atoms. The van der Waals surface area contributed by atoms with Gasteiger partial charge in [0.15, 0.2) is 5.82 Å². The van der Waals surface area contributed by atoms with Crippen LogP contribution in [0.2, 0.25) is 0 Å². The van der Waals surface area contributed by atoms with Crippen molar-refractivity contribution in [1.29, 1.82) is 0 Å². The van der Waals surface area contributed by atoms with E-state index in [2.05, 4.69) is 9.97 Å². The Morgan fingerprint density at radius 3 is 2.27 bits per heavy atom. The second-order valence-corrected chi connectivity index (χ2v) is 7.67. The molecule has 0 spiro atoms. The van der Waals surface area contributed by atoms with E-state index in [1.807, 2.05) is 60.7 Å². The van der Waals surface area contributed by atoms with E-state index in [4.69, 9.17) is 4.42 Å². The largest absolute Gasteiger partial charge is 0.456 e. The van der Waals surface area contributed by atoms with Crippen molar-refractivity contribution in [3.05, 3.63) is 118 Å². The summed E-state index contributed by atoms with van der Waals surface area (Å²) >= 11 is 0. The van der Waals surface area contributed by atoms with Gasteiger partial charge in [0.05, 0.1) is 17.8 Å². The zero-order valence-corrected chi connectivity index (χ0v) is 17.3. The van der Waals surface area contributed by atoms with Crippen molar-refractivity contribution < 1.29 is 17.6 Å². The fraction of sp³-hybridized carbons (Fsp3) is 0.120. The van der Waals surface area contributed by atoms with Gasteiger partial charge in [0, 0.05) is 12.6 Å². The van der Waals surface area contributed by atoms with E-state index in [1.54, 1.807) is 6.20 Å². The van der Waals surface area contributed by atoms with Crippen molar-refractivity contribution in [2.24, 2.45) is 0 Å². The predicted octanol–water partition coefficient (Wildman–Crippen LogP) is 5.46. The van der Waals surface area contributed by atoms with Crippen LogP contribution in [-0.4, -0.2) is 14.5 Å². The van der Waals surface area contributed by atoms with E-state index < -0.39 is 17.5 Å². The molecule has 0 bridgehead atoms. The normalized spacial score (nSPS) is 11.8. The topological polar surface area (TPSA) is 63.8 Å². The highest BCUT2D eigenvalue weighted by Crippen LogP contribution is 2.31. The molecule has 0 aliphatic carbocycles. The first-order valence-corrected chi connectivity index (χ1v) is 10.3. The molecule has 5 rings (SSSR count). The van der Waals surface area contributed by atoms with Gasteiger partial charge in [0.25, 0.3) is 5.56 Å². The standard InChI is InChI=1S/C25H18F3N3O2/c26-25(27,28)22-12-11-18(33-22)14-20-24(32)31-15-21(17-9-5-2-6-10-17)29-19(23(31)30-20)13-16-7-3-1-4-8-16/h1-12,15,29H,13-14H2. The van der Waals surface area contributed by atoms with Crippen LogP contribution in [0.3, 0.4) is 0 Å². The first-order chi connectivity index (χ1) is 15.9. The molecule has 3 heterocycles. The number of furan rings is 1. The lowest BCUT2D eigenvalue weighted by Gasteiger charge is -2.13. The summed E-state index contributed by atoms with van der Waals surface area (Å²) < 4.78 is 45.0. The molecule has 2 aliphatic heterocycles. The lowest BCUT2D eigenvalue weighted by molar-refractivity contribution is -0.153. The Hall–Kier alpha value is -4.07. The highest BCUT2D eigenvalue weighted by molar-refractivity contribution is 5.60. The van der Waals surface area contributed by atoms with Crippen molar-refractivity contribution in [2.45, 2.75) is 19.0 Å². The van der Waals surface area contributed by atoms with Gasteiger partial charge < -0.3 is 9.40 Å². The molecule has 0 saturated heterocycles. The van der Waals surface area contributed by atoms with Crippen molar-refractivity contribution in [3.63, 3.8) is 0 Å². The Balaban J connectivity index is 1.60. The van der Waals surface area contributed by atoms with Crippen LogP contribution >= 0.6 is 0 Å². The third-order valence-electron chi connectivity index (χ3n) is 5.34. The first kappa shape index (κ1) is 20.8. The third-order valence-corrected chi connectivity index (χ3v) is 5.34. The van der Waals surface area contributed by atoms with E-state index in [0.717, 1.165) is 28.6 Å². The molecular weight excluding hydrogens is 431 g/mol. The van der Waals surface area contributed by atoms with Crippen LogP contribution in [-0.2, 0) is 19.0 Å². The maximum atomic E-state index is 13.1. The minimum absolute atomic E-state index is 0.0275. The molecule has 0 radical (unpaired) electrons. The van der Waals surface area contributed by atoms with Crippen LogP contribution in [0.4, 0.5) is 13.2 Å². The van der Waals surface area contributed by atoms with Crippen molar-refractivity contribution in [2.75, 3.05) is 0 Å². The fourth-order valence-corrected chi connectivity index (χ4v) is 3.77. The Morgan fingerprint density at radius 2 is 1.61 bits per heavy atom. The number of rotatable bonds is 5. The molecule has 0 amide bonds. The van der Waals surface area contributed by atoms with E-state index in [1.165, 1.54) is 10.6 Å². The maximum Gasteiger partial charge on any atom is 0.449 e. The molecule has 0 saturated carbocycles. The molecule has 1 N–H and O–H groups in total. The number of halogens is 3. The van der Waals surface area contributed by atoms with Gasteiger partial charge in [-0.25, -0.2) is 4.98 Å². The fourth-order valence-electron chi connectivity index (χ4n) is 3.77. The Labute approximate surface area is 186 Å². The van der Waals surface area contributed by atoms with Gasteiger partial charge in [0.1, 0.15) is 11.5 Å². The molecule has 3 aromatic rings. The Morgan fingerprint density at radius 1 is 0.909 bits per heavy atom. The maximum absolute atomic E-state index is 13.1. The predicted molar refractivity (Wildman–Crippen MR) is 117 cm³/mol. The highest BCUT2D eigenvalue weighted by atomic mass is 19.4. The van der Waals surface area contributed by atoms with Gasteiger partial charge in [-0.05, 0) is 23.3 Å². The average Bonchev–Trinajstić information content (AvgIpc) is 3.41. The number of nitrogens with one attached hydrogen (secondary N) is 1. The SMILES string of the molecule is O=c1c(Cc2ccc(C(F)(F)F)o2)nc2c(Cc3ccccc3)[nH]c(-c3ccccc3)cn1-2. The number of nitrogens with zero attached hydrogens (tertiary/aromatic N) is 2. The number of fused-ring (bicyclic) bond motifs is 1. The number of benzene rings is 2.